The third-order valence-electron chi connectivity index (χ3n) is 3.70. The Bertz CT molecular complexity index is 630. The molecule has 0 aliphatic heterocycles. The Morgan fingerprint density at radius 2 is 1.79 bits per heavy atom. The van der Waals surface area contributed by atoms with Gasteiger partial charge in [0.2, 0.25) is 15.9 Å². The van der Waals surface area contributed by atoms with E-state index in [0.717, 1.165) is 25.7 Å². The van der Waals surface area contributed by atoms with Crippen molar-refractivity contribution in [2.45, 2.75) is 52.4 Å². The molecule has 0 saturated carbocycles. The van der Waals surface area contributed by atoms with Gasteiger partial charge in [0.05, 0.1) is 11.4 Å². The molecule has 1 rings (SSSR count). The number of nitrogens with two attached hydrogens (primary N) is 1. The number of hydrogen-bond donors (Lipinski definition) is 3. The van der Waals surface area contributed by atoms with Gasteiger partial charge in [-0.2, -0.15) is 0 Å². The number of rotatable bonds is 11. The highest BCUT2D eigenvalue weighted by molar-refractivity contribution is 7.92. The predicted molar refractivity (Wildman–Crippen MR) is 99.6 cm³/mol. The van der Waals surface area contributed by atoms with Crippen molar-refractivity contribution in [3.8, 4) is 0 Å². The average molecular weight is 356 g/mol. The molecule has 0 aliphatic rings. The van der Waals surface area contributed by atoms with Gasteiger partial charge in [-0.25, -0.2) is 8.42 Å². The summed E-state index contributed by atoms with van der Waals surface area (Å²) in [7, 11) is -3.35. The Morgan fingerprint density at radius 3 is 2.46 bits per heavy atom. The Kier molecular flexibility index (Phi) is 8.78. The zero-order valence-electron chi connectivity index (χ0n) is 14.6. The number of amides is 1. The lowest BCUT2D eigenvalue weighted by Crippen LogP contribution is -2.18. The number of benzene rings is 1. The van der Waals surface area contributed by atoms with Gasteiger partial charge in [0.15, 0.2) is 0 Å². The summed E-state index contributed by atoms with van der Waals surface area (Å²) >= 11 is 0. The first kappa shape index (κ1) is 20.4. The average Bonchev–Trinajstić information content (AvgIpc) is 2.51. The highest BCUT2D eigenvalue weighted by atomic mass is 32.2. The van der Waals surface area contributed by atoms with E-state index in [0.29, 0.717) is 36.3 Å². The van der Waals surface area contributed by atoms with E-state index in [4.69, 9.17) is 5.73 Å². The van der Waals surface area contributed by atoms with Crippen LogP contribution in [0.3, 0.4) is 0 Å². The molecule has 7 heteroatoms. The number of nitrogens with one attached hydrogen (secondary N) is 2. The van der Waals surface area contributed by atoms with Gasteiger partial charge in [-0.3, -0.25) is 9.52 Å². The second kappa shape index (κ2) is 10.3. The van der Waals surface area contributed by atoms with Crippen LogP contribution in [-0.2, 0) is 14.8 Å². The summed E-state index contributed by atoms with van der Waals surface area (Å²) < 4.78 is 26.4. The molecule has 6 nitrogen and oxygen atoms in total. The van der Waals surface area contributed by atoms with Crippen LogP contribution in [0.1, 0.15) is 51.0 Å². The Balaban J connectivity index is 2.63. The van der Waals surface area contributed by atoms with E-state index in [1.807, 2.05) is 6.92 Å². The van der Waals surface area contributed by atoms with E-state index in [9.17, 15) is 13.2 Å². The number of carbonyl (C=O) groups is 1. The van der Waals surface area contributed by atoms with E-state index in [2.05, 4.69) is 10.0 Å². The van der Waals surface area contributed by atoms with Crippen molar-refractivity contribution < 1.29 is 13.2 Å². The van der Waals surface area contributed by atoms with Crippen molar-refractivity contribution >= 4 is 27.3 Å². The van der Waals surface area contributed by atoms with Crippen molar-refractivity contribution in [2.24, 2.45) is 5.73 Å². The normalized spacial score (nSPS) is 11.3. The minimum absolute atomic E-state index is 0.0561. The molecule has 24 heavy (non-hydrogen) atoms. The number of hydrogen-bond acceptors (Lipinski definition) is 4. The van der Waals surface area contributed by atoms with Crippen LogP contribution >= 0.6 is 0 Å². The molecule has 0 fully saturated rings. The lowest BCUT2D eigenvalue weighted by atomic mass is 10.1. The molecule has 1 aromatic carbocycles. The van der Waals surface area contributed by atoms with Gasteiger partial charge in [0.25, 0.3) is 0 Å². The molecule has 0 aromatic heterocycles. The molecule has 0 saturated heterocycles. The second-order valence-electron chi connectivity index (χ2n) is 5.90. The van der Waals surface area contributed by atoms with Gasteiger partial charge in [-0.05, 0) is 50.4 Å². The fourth-order valence-electron chi connectivity index (χ4n) is 2.37. The third kappa shape index (κ3) is 7.31. The van der Waals surface area contributed by atoms with Crippen LogP contribution in [0.5, 0.6) is 0 Å². The highest BCUT2D eigenvalue weighted by Gasteiger charge is 2.13. The second-order valence-corrected chi connectivity index (χ2v) is 7.74. The van der Waals surface area contributed by atoms with E-state index in [1.165, 1.54) is 0 Å². The first-order valence-electron chi connectivity index (χ1n) is 8.49. The third-order valence-corrected chi connectivity index (χ3v) is 5.18. The van der Waals surface area contributed by atoms with Crippen LogP contribution in [0.2, 0.25) is 0 Å². The number of anilines is 2. The summed E-state index contributed by atoms with van der Waals surface area (Å²) in [5.41, 5.74) is 7.30. The molecule has 0 bridgehead atoms. The van der Waals surface area contributed by atoms with Gasteiger partial charge < -0.3 is 11.1 Å². The maximum Gasteiger partial charge on any atom is 0.232 e. The molecule has 0 unspecified atom stereocenters. The molecule has 1 aromatic rings. The molecule has 0 heterocycles. The first-order chi connectivity index (χ1) is 11.4. The van der Waals surface area contributed by atoms with E-state index >= 15 is 0 Å². The molecular weight excluding hydrogens is 326 g/mol. The molecular formula is C17H29N3O3S. The lowest BCUT2D eigenvalue weighted by molar-refractivity contribution is -0.116. The SMILES string of the molecule is CCCS(=O)(=O)Nc1cccc(NC(=O)CCCCCCN)c1C. The Morgan fingerprint density at radius 1 is 1.12 bits per heavy atom. The molecule has 0 atom stereocenters. The van der Waals surface area contributed by atoms with Gasteiger partial charge in [0, 0.05) is 12.1 Å². The fourth-order valence-corrected chi connectivity index (χ4v) is 3.56. The molecule has 0 spiro atoms. The largest absolute Gasteiger partial charge is 0.330 e. The summed E-state index contributed by atoms with van der Waals surface area (Å²) in [6.07, 6.45) is 4.84. The van der Waals surface area contributed by atoms with Gasteiger partial charge in [0.1, 0.15) is 0 Å². The van der Waals surface area contributed by atoms with Crippen molar-refractivity contribution in [3.63, 3.8) is 0 Å². The Hall–Kier alpha value is -1.60. The quantitative estimate of drug-likeness (QED) is 0.531. The topological polar surface area (TPSA) is 101 Å². The highest BCUT2D eigenvalue weighted by Crippen LogP contribution is 2.24. The van der Waals surface area contributed by atoms with Crippen molar-refractivity contribution in [1.82, 2.24) is 0 Å². The van der Waals surface area contributed by atoms with Crippen LogP contribution in [0, 0.1) is 6.92 Å². The smallest absolute Gasteiger partial charge is 0.232 e. The molecule has 0 aliphatic carbocycles. The summed E-state index contributed by atoms with van der Waals surface area (Å²) in [6, 6.07) is 5.21. The maximum atomic E-state index is 12.0. The van der Waals surface area contributed by atoms with Gasteiger partial charge in [-0.1, -0.05) is 25.8 Å². The van der Waals surface area contributed by atoms with Crippen LogP contribution in [0.4, 0.5) is 11.4 Å². The van der Waals surface area contributed by atoms with E-state index in [-0.39, 0.29) is 11.7 Å². The van der Waals surface area contributed by atoms with Gasteiger partial charge in [-0.15, -0.1) is 0 Å². The lowest BCUT2D eigenvalue weighted by Gasteiger charge is -2.14. The minimum Gasteiger partial charge on any atom is -0.330 e. The molecule has 4 N–H and O–H groups in total. The first-order valence-corrected chi connectivity index (χ1v) is 10.1. The van der Waals surface area contributed by atoms with Gasteiger partial charge >= 0.3 is 0 Å². The Labute approximate surface area is 145 Å². The van der Waals surface area contributed by atoms with Crippen molar-refractivity contribution in [1.29, 1.82) is 0 Å². The monoisotopic (exact) mass is 355 g/mol. The molecule has 1 amide bonds. The van der Waals surface area contributed by atoms with Crippen LogP contribution in [0.15, 0.2) is 18.2 Å². The summed E-state index contributed by atoms with van der Waals surface area (Å²) in [5, 5.41) is 2.86. The number of sulfonamides is 1. The molecule has 136 valence electrons. The summed E-state index contributed by atoms with van der Waals surface area (Å²) in [4.78, 5) is 12.0. The number of unbranched alkanes of at least 4 members (excludes halogenated alkanes) is 3. The van der Waals surface area contributed by atoms with Crippen molar-refractivity contribution in [2.75, 3.05) is 22.3 Å². The minimum atomic E-state index is -3.35. The van der Waals surface area contributed by atoms with Crippen molar-refractivity contribution in [3.05, 3.63) is 23.8 Å². The zero-order chi connectivity index (χ0) is 18.0. The standard InChI is InChI=1S/C17H29N3O3S/c1-3-13-24(22,23)20-16-10-8-9-15(14(16)2)19-17(21)11-6-4-5-7-12-18/h8-10,20H,3-7,11-13,18H2,1-2H3,(H,19,21). The van der Waals surface area contributed by atoms with E-state index < -0.39 is 10.0 Å². The predicted octanol–water partition coefficient (Wildman–Crippen LogP) is 2.99. The van der Waals surface area contributed by atoms with Crippen LogP contribution in [0.25, 0.3) is 0 Å². The fraction of sp³-hybridized carbons (Fsp3) is 0.588. The zero-order valence-corrected chi connectivity index (χ0v) is 15.4. The summed E-state index contributed by atoms with van der Waals surface area (Å²) in [6.45, 7) is 4.29. The van der Waals surface area contributed by atoms with E-state index in [1.54, 1.807) is 25.1 Å². The maximum absolute atomic E-state index is 12.0. The summed E-state index contributed by atoms with van der Waals surface area (Å²) in [5.74, 6) is 0.0191. The van der Waals surface area contributed by atoms with Crippen LogP contribution < -0.4 is 15.8 Å². The number of carbonyl (C=O) groups excluding carboxylic acids is 1. The van der Waals surface area contributed by atoms with Crippen LogP contribution in [-0.4, -0.2) is 26.6 Å². The molecule has 0 radical (unpaired) electrons.